The summed E-state index contributed by atoms with van der Waals surface area (Å²) in [6.07, 6.45) is 1.74. The number of H-pyrrole nitrogens is 1. The quantitative estimate of drug-likeness (QED) is 0.409. The zero-order valence-corrected chi connectivity index (χ0v) is 15.6. The molecule has 1 fully saturated rings. The topological polar surface area (TPSA) is 74.8 Å². The number of benzene rings is 1. The highest BCUT2D eigenvalue weighted by Gasteiger charge is 2.34. The van der Waals surface area contributed by atoms with E-state index in [2.05, 4.69) is 15.3 Å². The van der Waals surface area contributed by atoms with Crippen molar-refractivity contribution in [2.24, 2.45) is 5.92 Å². The number of nitrogens with one attached hydrogen (secondary N) is 2. The van der Waals surface area contributed by atoms with Crippen molar-refractivity contribution in [3.8, 4) is 0 Å². The largest absolute Gasteiger partial charge is 0.446 e. The molecular weight excluding hydrogens is 398 g/mol. The van der Waals surface area contributed by atoms with Crippen LogP contribution in [0.3, 0.4) is 0 Å². The third-order valence-electron chi connectivity index (χ3n) is 4.26. The third kappa shape index (κ3) is 5.41. The molecule has 5 nitrogen and oxygen atoms in total. The number of thioether (sulfide) groups is 1. The Morgan fingerprint density at radius 2 is 2.07 bits per heavy atom. The molecule has 1 aromatic carbocycles. The molecule has 1 heterocycles. The van der Waals surface area contributed by atoms with Gasteiger partial charge in [0.25, 0.3) is 5.56 Å². The fourth-order valence-corrected chi connectivity index (χ4v) is 3.46. The number of rotatable bonds is 7. The van der Waals surface area contributed by atoms with Gasteiger partial charge in [0, 0.05) is 12.1 Å². The maximum absolute atomic E-state index is 14.1. The summed E-state index contributed by atoms with van der Waals surface area (Å²) in [5.74, 6) is -0.869. The minimum atomic E-state index is -4.57. The summed E-state index contributed by atoms with van der Waals surface area (Å²) < 4.78 is 51.5. The van der Waals surface area contributed by atoms with Crippen LogP contribution in [0.2, 0.25) is 0 Å². The van der Waals surface area contributed by atoms with Crippen LogP contribution in [0.5, 0.6) is 0 Å². The van der Waals surface area contributed by atoms with Crippen LogP contribution < -0.4 is 10.9 Å². The third-order valence-corrected chi connectivity index (χ3v) is 5.04. The summed E-state index contributed by atoms with van der Waals surface area (Å²) in [6, 6.07) is 4.35. The van der Waals surface area contributed by atoms with Crippen LogP contribution in [0, 0.1) is 18.7 Å². The summed E-state index contributed by atoms with van der Waals surface area (Å²) in [7, 11) is 0. The molecule has 1 aliphatic rings. The molecule has 150 valence electrons. The SMILES string of the molecule is Cc1nc(C(=O)CN[C@@H](c2ccc(SC(F)(F)F)c(F)c2)C2CC2)cc(=O)[nH]1. The van der Waals surface area contributed by atoms with Gasteiger partial charge in [-0.3, -0.25) is 9.59 Å². The van der Waals surface area contributed by atoms with Gasteiger partial charge in [-0.05, 0) is 55.1 Å². The lowest BCUT2D eigenvalue weighted by atomic mass is 10.0. The van der Waals surface area contributed by atoms with Crippen LogP contribution >= 0.6 is 11.8 Å². The molecule has 0 bridgehead atoms. The number of carbonyl (C=O) groups excluding carboxylic acids is 1. The second kappa shape index (κ2) is 8.04. The minimum Gasteiger partial charge on any atom is -0.311 e. The molecule has 0 unspecified atom stereocenters. The van der Waals surface area contributed by atoms with Crippen molar-refractivity contribution in [1.29, 1.82) is 0 Å². The van der Waals surface area contributed by atoms with Crippen molar-refractivity contribution in [3.63, 3.8) is 0 Å². The van der Waals surface area contributed by atoms with Gasteiger partial charge in [0.15, 0.2) is 5.78 Å². The van der Waals surface area contributed by atoms with Crippen LogP contribution in [-0.4, -0.2) is 27.8 Å². The second-order valence-electron chi connectivity index (χ2n) is 6.57. The number of Topliss-reactive ketones (excluding diaryl/α,β-unsaturated/α-hetero) is 1. The molecule has 0 spiro atoms. The summed E-state index contributed by atoms with van der Waals surface area (Å²) >= 11 is -0.500. The van der Waals surface area contributed by atoms with Gasteiger partial charge in [0.2, 0.25) is 0 Å². The van der Waals surface area contributed by atoms with Crippen LogP contribution in [0.4, 0.5) is 17.6 Å². The first-order chi connectivity index (χ1) is 13.1. The predicted octanol–water partition coefficient (Wildman–Crippen LogP) is 3.75. The molecule has 0 aliphatic heterocycles. The Kier molecular flexibility index (Phi) is 5.90. The average molecular weight is 415 g/mol. The molecule has 0 saturated heterocycles. The standard InChI is InChI=1S/C18H17F4N3O2S/c1-9-24-13(7-16(27)25-9)14(26)8-23-17(10-2-3-10)11-4-5-15(12(19)6-11)28-18(20,21)22/h4-7,10,17,23H,2-3,8H2,1H3,(H,24,25,27)/t17-/m1/s1. The lowest BCUT2D eigenvalue weighted by molar-refractivity contribution is -0.0329. The number of aromatic nitrogens is 2. The number of carbonyl (C=O) groups is 1. The van der Waals surface area contributed by atoms with Crippen LogP contribution in [0.25, 0.3) is 0 Å². The van der Waals surface area contributed by atoms with Crippen molar-refractivity contribution < 1.29 is 22.4 Å². The number of hydrogen-bond donors (Lipinski definition) is 2. The van der Waals surface area contributed by atoms with Crippen LogP contribution in [0.15, 0.2) is 34.0 Å². The predicted molar refractivity (Wildman–Crippen MR) is 95.7 cm³/mol. The first kappa shape index (κ1) is 20.5. The number of aromatic amines is 1. The highest BCUT2D eigenvalue weighted by atomic mass is 32.2. The lowest BCUT2D eigenvalue weighted by Gasteiger charge is -2.19. The van der Waals surface area contributed by atoms with Gasteiger partial charge in [-0.1, -0.05) is 6.07 Å². The zero-order valence-electron chi connectivity index (χ0n) is 14.8. The van der Waals surface area contributed by atoms with Crippen molar-refractivity contribution in [3.05, 3.63) is 57.5 Å². The fourth-order valence-electron chi connectivity index (χ4n) is 2.92. The normalized spacial score (nSPS) is 15.5. The van der Waals surface area contributed by atoms with E-state index in [1.165, 1.54) is 6.07 Å². The summed E-state index contributed by atoms with van der Waals surface area (Å²) in [5.41, 5.74) is -4.50. The van der Waals surface area contributed by atoms with Crippen molar-refractivity contribution >= 4 is 17.5 Å². The van der Waals surface area contributed by atoms with E-state index < -0.39 is 39.3 Å². The van der Waals surface area contributed by atoms with Gasteiger partial charge >= 0.3 is 5.51 Å². The maximum atomic E-state index is 14.1. The highest BCUT2D eigenvalue weighted by molar-refractivity contribution is 8.00. The van der Waals surface area contributed by atoms with Gasteiger partial charge in [-0.2, -0.15) is 13.2 Å². The van der Waals surface area contributed by atoms with E-state index >= 15 is 0 Å². The molecule has 1 aromatic heterocycles. The van der Waals surface area contributed by atoms with E-state index in [1.807, 2.05) is 0 Å². The number of hydrogen-bond acceptors (Lipinski definition) is 5. The van der Waals surface area contributed by atoms with E-state index in [0.29, 0.717) is 11.4 Å². The molecule has 2 N–H and O–H groups in total. The molecule has 1 aliphatic carbocycles. The molecule has 28 heavy (non-hydrogen) atoms. The number of alkyl halides is 3. The van der Waals surface area contributed by atoms with E-state index in [1.54, 1.807) is 6.92 Å². The Morgan fingerprint density at radius 3 is 2.64 bits per heavy atom. The monoisotopic (exact) mass is 415 g/mol. The number of nitrogens with zero attached hydrogens (tertiary/aromatic N) is 1. The van der Waals surface area contributed by atoms with Crippen molar-refractivity contribution in [2.45, 2.75) is 36.2 Å². The number of halogens is 4. The Balaban J connectivity index is 1.73. The molecule has 1 atom stereocenters. The zero-order chi connectivity index (χ0) is 20.5. The molecule has 3 rings (SSSR count). The van der Waals surface area contributed by atoms with E-state index in [9.17, 15) is 27.2 Å². The lowest BCUT2D eigenvalue weighted by Crippen LogP contribution is -2.30. The first-order valence-electron chi connectivity index (χ1n) is 8.52. The van der Waals surface area contributed by atoms with Gasteiger partial charge in [0.1, 0.15) is 17.3 Å². The summed E-state index contributed by atoms with van der Waals surface area (Å²) in [4.78, 5) is 29.7. The summed E-state index contributed by atoms with van der Waals surface area (Å²) in [5, 5.41) is 3.03. The van der Waals surface area contributed by atoms with E-state index in [4.69, 9.17) is 0 Å². The Hall–Kier alpha value is -2.20. The Morgan fingerprint density at radius 1 is 1.36 bits per heavy atom. The van der Waals surface area contributed by atoms with E-state index in [-0.39, 0.29) is 24.2 Å². The maximum Gasteiger partial charge on any atom is 0.446 e. The van der Waals surface area contributed by atoms with E-state index in [0.717, 1.165) is 31.0 Å². The van der Waals surface area contributed by atoms with Crippen molar-refractivity contribution in [2.75, 3.05) is 6.54 Å². The van der Waals surface area contributed by atoms with Gasteiger partial charge in [-0.25, -0.2) is 9.37 Å². The van der Waals surface area contributed by atoms with Crippen LogP contribution in [-0.2, 0) is 0 Å². The minimum absolute atomic E-state index is 0.0198. The van der Waals surface area contributed by atoms with Gasteiger partial charge in [-0.15, -0.1) is 0 Å². The van der Waals surface area contributed by atoms with Crippen LogP contribution in [0.1, 0.15) is 40.8 Å². The van der Waals surface area contributed by atoms with Gasteiger partial charge < -0.3 is 10.3 Å². The molecule has 10 heteroatoms. The Labute approximate surface area is 161 Å². The first-order valence-corrected chi connectivity index (χ1v) is 9.34. The number of ketones is 1. The Bertz CT molecular complexity index is 941. The molecule has 1 saturated carbocycles. The fraction of sp³-hybridized carbons (Fsp3) is 0.389. The molecule has 2 aromatic rings. The molecular formula is C18H17F4N3O2S. The second-order valence-corrected chi connectivity index (χ2v) is 7.68. The summed E-state index contributed by atoms with van der Waals surface area (Å²) in [6.45, 7) is 1.43. The number of aryl methyl sites for hydroxylation is 1. The van der Waals surface area contributed by atoms with Crippen molar-refractivity contribution in [1.82, 2.24) is 15.3 Å². The molecule has 0 radical (unpaired) electrons. The smallest absolute Gasteiger partial charge is 0.311 e. The highest BCUT2D eigenvalue weighted by Crippen LogP contribution is 2.43. The average Bonchev–Trinajstić information content (AvgIpc) is 3.40. The van der Waals surface area contributed by atoms with Gasteiger partial charge in [0.05, 0.1) is 11.4 Å². The molecule has 0 amide bonds.